The van der Waals surface area contributed by atoms with Gasteiger partial charge in [-0.05, 0) is 112 Å². The summed E-state index contributed by atoms with van der Waals surface area (Å²) in [7, 11) is 8.55. The number of amides is 4. The van der Waals surface area contributed by atoms with Gasteiger partial charge in [0.25, 0.3) is 10.2 Å². The van der Waals surface area contributed by atoms with E-state index in [0.29, 0.717) is 64.3 Å². The largest absolute Gasteiger partial charge is 0.493 e. The number of likely N-dealkylation sites (tertiary alicyclic amines) is 2. The molecule has 77 heavy (non-hydrogen) atoms. The van der Waals surface area contributed by atoms with E-state index in [1.54, 1.807) is 45.6 Å². The van der Waals surface area contributed by atoms with Gasteiger partial charge in [-0.15, -0.1) is 12.4 Å². The summed E-state index contributed by atoms with van der Waals surface area (Å²) in [5, 5.41) is 16.9. The van der Waals surface area contributed by atoms with Gasteiger partial charge in [-0.25, -0.2) is 9.59 Å². The molecule has 0 aliphatic carbocycles. The van der Waals surface area contributed by atoms with Gasteiger partial charge in [0.15, 0.2) is 23.0 Å². The Kier molecular flexibility index (Phi) is 22.7. The van der Waals surface area contributed by atoms with Gasteiger partial charge < -0.3 is 55.0 Å². The molecule has 4 aliphatic heterocycles. The average Bonchev–Trinajstić information content (AvgIpc) is 4.07. The highest BCUT2D eigenvalue weighted by atomic mass is 35.5. The highest BCUT2D eigenvalue weighted by Crippen LogP contribution is 2.41. The number of hydrogen-bond acceptors (Lipinski definition) is 13. The molecule has 4 atom stereocenters. The summed E-state index contributed by atoms with van der Waals surface area (Å²) in [6.45, 7) is 5.83. The van der Waals surface area contributed by atoms with Gasteiger partial charge >= 0.3 is 12.1 Å². The molecule has 0 bridgehead atoms. The van der Waals surface area contributed by atoms with Crippen LogP contribution in [0.2, 0.25) is 10.0 Å². The molecule has 4 heterocycles. The minimum absolute atomic E-state index is 0. The number of piperidine rings is 2. The maximum Gasteiger partial charge on any atom is 0.319 e. The lowest BCUT2D eigenvalue weighted by Crippen LogP contribution is -2.54. The lowest BCUT2D eigenvalue weighted by molar-refractivity contribution is 0.125. The number of benzene rings is 4. The SMILES string of the molecule is COc1cc(NC(=O)N[C@@H]2CN(S(=O)(=O)N(C)C)C[C@H]2N2CCC(Cc3ccc(Cl)cc3)CC2)cc(OC)c1OC.COc1cc(NC(=O)N[C@@H]2CNC[C@H]2N2CCC(Cc3ccc(Cl)cc3)CC2)cc(OC)c1OC.Cl. The third kappa shape index (κ3) is 16.0. The maximum absolute atomic E-state index is 13.2. The number of rotatable bonds is 18. The van der Waals surface area contributed by atoms with Crippen LogP contribution in [0.3, 0.4) is 0 Å². The van der Waals surface area contributed by atoms with E-state index in [0.717, 1.165) is 87.8 Å². The number of nitrogens with one attached hydrogen (secondary N) is 5. The Hall–Kier alpha value is -5.16. The molecular weight excluding hydrogens is 1070 g/mol. The van der Waals surface area contributed by atoms with Gasteiger partial charge in [-0.1, -0.05) is 47.5 Å². The molecule has 4 amide bonds. The van der Waals surface area contributed by atoms with Crippen LogP contribution in [0.25, 0.3) is 0 Å². The van der Waals surface area contributed by atoms with Gasteiger partial charge in [-0.2, -0.15) is 17.0 Å². The van der Waals surface area contributed by atoms with Crippen LogP contribution in [0.4, 0.5) is 21.0 Å². The second-order valence-corrected chi connectivity index (χ2v) is 22.8. The molecule has 8 rings (SSSR count). The predicted octanol–water partition coefficient (Wildman–Crippen LogP) is 7.51. The Bertz CT molecular complexity index is 2610. The fraction of sp³-hybridized carbons (Fsp3) is 0.519. The van der Waals surface area contributed by atoms with Crippen LogP contribution >= 0.6 is 35.6 Å². The monoisotopic (exact) mass is 1150 g/mol. The molecule has 5 N–H and O–H groups in total. The summed E-state index contributed by atoms with van der Waals surface area (Å²) in [4.78, 5) is 30.8. The minimum atomic E-state index is -3.65. The number of nitrogens with zero attached hydrogens (tertiary/aromatic N) is 4. The quantitative estimate of drug-likeness (QED) is 0.0658. The molecule has 4 fully saturated rings. The molecule has 0 radical (unpaired) electrons. The third-order valence-corrected chi connectivity index (χ3v) is 17.2. The van der Waals surface area contributed by atoms with Crippen LogP contribution in [-0.4, -0.2) is 172 Å². The Balaban J connectivity index is 0.000000249. The summed E-state index contributed by atoms with van der Waals surface area (Å²) in [6, 6.07) is 21.9. The number of halogens is 3. The first-order valence-corrected chi connectivity index (χ1v) is 27.8. The molecular formula is C54H76Cl3N9O10S. The molecule has 23 heteroatoms. The zero-order valence-electron chi connectivity index (χ0n) is 45.2. The molecule has 0 unspecified atom stereocenters. The first-order chi connectivity index (χ1) is 36.5. The van der Waals surface area contributed by atoms with Gasteiger partial charge in [0, 0.05) is 86.7 Å². The van der Waals surface area contributed by atoms with Crippen LogP contribution in [0, 0.1) is 11.8 Å². The van der Waals surface area contributed by atoms with Crippen molar-refractivity contribution in [3.63, 3.8) is 0 Å². The summed E-state index contributed by atoms with van der Waals surface area (Å²) >= 11 is 12.1. The van der Waals surface area contributed by atoms with Crippen molar-refractivity contribution in [3.05, 3.63) is 94.0 Å². The van der Waals surface area contributed by atoms with Crippen LogP contribution in [0.15, 0.2) is 72.8 Å². The average molecular weight is 1150 g/mol. The molecule has 19 nitrogen and oxygen atoms in total. The molecule has 0 aromatic heterocycles. The number of carbonyl (C=O) groups is 2. The van der Waals surface area contributed by atoms with Gasteiger partial charge in [0.2, 0.25) is 11.5 Å². The minimum Gasteiger partial charge on any atom is -0.493 e. The molecule has 0 saturated carbocycles. The number of carbonyl (C=O) groups excluding carboxylic acids is 2. The van der Waals surface area contributed by atoms with Crippen LogP contribution in [-0.2, 0) is 23.1 Å². The van der Waals surface area contributed by atoms with Crippen molar-refractivity contribution >= 4 is 69.3 Å². The molecule has 4 aliphatic rings. The van der Waals surface area contributed by atoms with Crippen LogP contribution < -0.4 is 55.0 Å². The van der Waals surface area contributed by atoms with E-state index in [4.69, 9.17) is 51.6 Å². The van der Waals surface area contributed by atoms with Crippen molar-refractivity contribution in [2.75, 3.05) is 120 Å². The zero-order valence-corrected chi connectivity index (χ0v) is 48.4. The van der Waals surface area contributed by atoms with E-state index in [1.165, 1.54) is 55.2 Å². The van der Waals surface area contributed by atoms with E-state index >= 15 is 0 Å². The lowest BCUT2D eigenvalue weighted by atomic mass is 9.89. The normalized spacial score (nSPS) is 20.5. The molecule has 4 saturated heterocycles. The summed E-state index contributed by atoms with van der Waals surface area (Å²) < 4.78 is 61.0. The third-order valence-electron chi connectivity index (χ3n) is 14.8. The van der Waals surface area contributed by atoms with Crippen molar-refractivity contribution < 1.29 is 46.4 Å². The Morgan fingerprint density at radius 3 is 1.35 bits per heavy atom. The van der Waals surface area contributed by atoms with Gasteiger partial charge in [0.1, 0.15) is 0 Å². The van der Waals surface area contributed by atoms with Crippen molar-refractivity contribution in [1.82, 2.24) is 34.4 Å². The fourth-order valence-electron chi connectivity index (χ4n) is 10.7. The Morgan fingerprint density at radius 2 is 0.974 bits per heavy atom. The van der Waals surface area contributed by atoms with Crippen LogP contribution in [0.1, 0.15) is 36.8 Å². The van der Waals surface area contributed by atoms with Crippen LogP contribution in [0.5, 0.6) is 34.5 Å². The highest BCUT2D eigenvalue weighted by Gasteiger charge is 2.44. The van der Waals surface area contributed by atoms with E-state index in [9.17, 15) is 18.0 Å². The summed E-state index contributed by atoms with van der Waals surface area (Å²) in [5.74, 6) is 3.91. The number of ether oxygens (including phenoxy) is 6. The first kappa shape index (κ1) is 61.1. The second kappa shape index (κ2) is 28.6. The number of anilines is 2. The molecule has 4 aromatic rings. The fourth-order valence-corrected chi connectivity index (χ4v) is 12.1. The highest BCUT2D eigenvalue weighted by molar-refractivity contribution is 7.86. The lowest BCUT2D eigenvalue weighted by Gasteiger charge is -2.38. The predicted molar refractivity (Wildman–Crippen MR) is 305 cm³/mol. The van der Waals surface area contributed by atoms with E-state index in [-0.39, 0.29) is 43.1 Å². The topological polar surface area (TPSA) is 197 Å². The molecule has 4 aromatic carbocycles. The maximum atomic E-state index is 13.2. The Morgan fingerprint density at radius 1 is 0.584 bits per heavy atom. The zero-order chi connectivity index (χ0) is 54.5. The van der Waals surface area contributed by atoms with Gasteiger partial charge in [-0.3, -0.25) is 9.80 Å². The van der Waals surface area contributed by atoms with Crippen molar-refractivity contribution in [2.24, 2.45) is 11.8 Å². The smallest absolute Gasteiger partial charge is 0.319 e. The van der Waals surface area contributed by atoms with Gasteiger partial charge in [0.05, 0.1) is 66.1 Å². The molecule has 424 valence electrons. The number of hydrogen-bond donors (Lipinski definition) is 5. The van der Waals surface area contributed by atoms with E-state index < -0.39 is 22.3 Å². The Labute approximate surface area is 470 Å². The van der Waals surface area contributed by atoms with Crippen molar-refractivity contribution in [2.45, 2.75) is 62.7 Å². The summed E-state index contributed by atoms with van der Waals surface area (Å²) in [5.41, 5.74) is 3.63. The first-order valence-electron chi connectivity index (χ1n) is 25.7. The number of urea groups is 2. The summed E-state index contributed by atoms with van der Waals surface area (Å²) in [6.07, 6.45) is 6.36. The number of methoxy groups -OCH3 is 6. The standard InChI is InChI=1S/C28H40ClN5O6S.C26H35ClN4O4.ClH/c1-32(2)41(36,37)34-17-23(31-28(35)30-22-15-25(38-3)27(40-5)26(16-22)39-4)24(18-34)33-12-10-20(11-13-33)14-19-6-8-21(29)9-7-19;1-33-23-13-20(14-24(34-2)25(23)35-3)29-26(32)30-21-15-28-16-22(21)31-10-8-18(9-11-31)12-17-4-6-19(27)7-5-17;/h6-9,15-16,20,23-24H,10-14,17-18H2,1-5H3,(H2,30,31,35);4-7,13-14,18,21-22,28H,8-12,15-16H2,1-3H3,(H2,29,30,32);1H/t23-,24-;21-,22-;/m11./s1. The molecule has 0 spiro atoms. The van der Waals surface area contributed by atoms with Crippen molar-refractivity contribution in [1.29, 1.82) is 0 Å². The van der Waals surface area contributed by atoms with E-state index in [2.05, 4.69) is 60.6 Å². The second-order valence-electron chi connectivity index (χ2n) is 19.8. The van der Waals surface area contributed by atoms with Crippen molar-refractivity contribution in [3.8, 4) is 34.5 Å². The van der Waals surface area contributed by atoms with E-state index in [1.807, 2.05) is 24.3 Å².